The molecule has 1 heterocycles. The highest BCUT2D eigenvalue weighted by Gasteiger charge is 2.31. The van der Waals surface area contributed by atoms with Crippen molar-refractivity contribution in [3.63, 3.8) is 0 Å². The molecule has 1 unspecified atom stereocenters. The molecule has 0 saturated carbocycles. The zero-order valence-electron chi connectivity index (χ0n) is 14.0. The Hall–Kier alpha value is -2.73. The monoisotopic (exact) mass is 331 g/mol. The van der Waals surface area contributed by atoms with E-state index >= 15 is 0 Å². The molecule has 0 spiro atoms. The summed E-state index contributed by atoms with van der Waals surface area (Å²) >= 11 is 0. The van der Waals surface area contributed by atoms with Gasteiger partial charge in [0.25, 0.3) is 0 Å². The summed E-state index contributed by atoms with van der Waals surface area (Å²) in [6.45, 7) is 6.07. The number of carbonyl (C=O) groups is 2. The van der Waals surface area contributed by atoms with Crippen LogP contribution >= 0.6 is 0 Å². The van der Waals surface area contributed by atoms with Crippen LogP contribution in [-0.2, 0) is 9.53 Å². The van der Waals surface area contributed by atoms with Crippen molar-refractivity contribution in [1.82, 2.24) is 0 Å². The second-order valence-electron chi connectivity index (χ2n) is 6.63. The number of nitrogens with one attached hydrogen (secondary N) is 1. The van der Waals surface area contributed by atoms with Gasteiger partial charge in [-0.1, -0.05) is 17.2 Å². The summed E-state index contributed by atoms with van der Waals surface area (Å²) in [6.07, 6.45) is -0.257. The van der Waals surface area contributed by atoms with Crippen LogP contribution in [0.2, 0.25) is 0 Å². The number of benzene rings is 1. The van der Waals surface area contributed by atoms with E-state index in [9.17, 15) is 9.59 Å². The number of carbonyl (C=O) groups excluding carboxylic acids is 2. The summed E-state index contributed by atoms with van der Waals surface area (Å²) in [6, 6.07) is 7.05. The Bertz CT molecular complexity index is 677. The van der Waals surface area contributed by atoms with Crippen LogP contribution in [0.15, 0.2) is 29.4 Å². The number of anilines is 2. The Morgan fingerprint density at radius 3 is 2.83 bits per heavy atom. The van der Waals surface area contributed by atoms with Gasteiger partial charge in [-0.2, -0.15) is 0 Å². The smallest absolute Gasteiger partial charge is 0.412 e. The molecule has 1 aliphatic rings. The third kappa shape index (κ3) is 4.63. The number of rotatable bonds is 4. The Morgan fingerprint density at radius 1 is 1.46 bits per heavy atom. The number of nitrogens with zero attached hydrogens (tertiary/aromatic N) is 4. The largest absolute Gasteiger partial charge is 0.444 e. The normalized spacial score (nSPS) is 17.4. The number of ether oxygens (including phenoxy) is 1. The predicted octanol–water partition coefficient (Wildman–Crippen LogP) is 3.70. The summed E-state index contributed by atoms with van der Waals surface area (Å²) in [5.74, 6) is -0.0884. The van der Waals surface area contributed by atoms with Gasteiger partial charge in [-0.3, -0.25) is 10.1 Å². The minimum absolute atomic E-state index is 0.0250. The standard InChI is InChI=1S/C16H21N5O3/c1-16(2,3)24-15(23)19-12-6-4-5-7-13(12)21-10-11(8-14(21)22)9-18-20-17/h4-7,11H,8-10H2,1-3H3,(H,19,23). The Labute approximate surface area is 140 Å². The molecule has 8 heteroatoms. The summed E-state index contributed by atoms with van der Waals surface area (Å²) in [5, 5.41) is 6.22. The number of hydrogen-bond acceptors (Lipinski definition) is 4. The van der Waals surface area contributed by atoms with Crippen molar-refractivity contribution in [2.75, 3.05) is 23.3 Å². The number of azide groups is 1. The lowest BCUT2D eigenvalue weighted by molar-refractivity contribution is -0.117. The molecule has 1 aromatic carbocycles. The lowest BCUT2D eigenvalue weighted by Crippen LogP contribution is -2.29. The molecule has 1 saturated heterocycles. The number of amides is 2. The van der Waals surface area contributed by atoms with Crippen molar-refractivity contribution >= 4 is 23.4 Å². The van der Waals surface area contributed by atoms with Gasteiger partial charge in [-0.05, 0) is 44.4 Å². The maximum absolute atomic E-state index is 12.3. The van der Waals surface area contributed by atoms with E-state index in [2.05, 4.69) is 15.3 Å². The summed E-state index contributed by atoms with van der Waals surface area (Å²) < 4.78 is 5.25. The van der Waals surface area contributed by atoms with Gasteiger partial charge in [0.2, 0.25) is 5.91 Å². The minimum Gasteiger partial charge on any atom is -0.444 e. The maximum atomic E-state index is 12.3. The predicted molar refractivity (Wildman–Crippen MR) is 90.8 cm³/mol. The first-order chi connectivity index (χ1) is 11.3. The molecule has 8 nitrogen and oxygen atoms in total. The van der Waals surface area contributed by atoms with Crippen LogP contribution in [0.4, 0.5) is 16.2 Å². The van der Waals surface area contributed by atoms with E-state index in [4.69, 9.17) is 10.3 Å². The SMILES string of the molecule is CC(C)(C)OC(=O)Nc1ccccc1N1CC(CN=[N+]=[N-])CC1=O. The molecule has 0 bridgehead atoms. The van der Waals surface area contributed by atoms with E-state index in [0.717, 1.165) is 0 Å². The molecule has 128 valence electrons. The molecule has 1 fully saturated rings. The average Bonchev–Trinajstić information content (AvgIpc) is 2.84. The van der Waals surface area contributed by atoms with Crippen LogP contribution in [-0.4, -0.2) is 30.7 Å². The second-order valence-corrected chi connectivity index (χ2v) is 6.63. The quantitative estimate of drug-likeness (QED) is 0.516. The van der Waals surface area contributed by atoms with Gasteiger partial charge in [0.1, 0.15) is 5.60 Å². The average molecular weight is 331 g/mol. The lowest BCUT2D eigenvalue weighted by Gasteiger charge is -2.23. The van der Waals surface area contributed by atoms with E-state index in [0.29, 0.717) is 24.3 Å². The van der Waals surface area contributed by atoms with Crippen LogP contribution in [0.3, 0.4) is 0 Å². The Kier molecular flexibility index (Phi) is 5.31. The lowest BCUT2D eigenvalue weighted by atomic mass is 10.1. The van der Waals surface area contributed by atoms with Gasteiger partial charge in [0.15, 0.2) is 0 Å². The van der Waals surface area contributed by atoms with Gasteiger partial charge < -0.3 is 9.64 Å². The first-order valence-corrected chi connectivity index (χ1v) is 7.70. The van der Waals surface area contributed by atoms with Gasteiger partial charge in [-0.25, -0.2) is 4.79 Å². The highest BCUT2D eigenvalue weighted by Crippen LogP contribution is 2.31. The summed E-state index contributed by atoms with van der Waals surface area (Å²) in [5.41, 5.74) is 8.91. The topological polar surface area (TPSA) is 107 Å². The third-order valence-electron chi connectivity index (χ3n) is 3.44. The maximum Gasteiger partial charge on any atom is 0.412 e. The van der Waals surface area contributed by atoms with Crippen LogP contribution in [0, 0.1) is 5.92 Å². The molecule has 0 radical (unpaired) electrons. The fraction of sp³-hybridized carbons (Fsp3) is 0.500. The van der Waals surface area contributed by atoms with Crippen molar-refractivity contribution in [2.45, 2.75) is 32.8 Å². The molecular formula is C16H21N5O3. The number of para-hydroxylation sites is 2. The fourth-order valence-corrected chi connectivity index (χ4v) is 2.52. The van der Waals surface area contributed by atoms with Crippen LogP contribution < -0.4 is 10.2 Å². The van der Waals surface area contributed by atoms with Crippen LogP contribution in [0.1, 0.15) is 27.2 Å². The Balaban J connectivity index is 2.15. The van der Waals surface area contributed by atoms with Crippen LogP contribution in [0.5, 0.6) is 0 Å². The molecule has 0 aromatic heterocycles. The molecule has 0 aliphatic carbocycles. The molecule has 24 heavy (non-hydrogen) atoms. The minimum atomic E-state index is -0.608. The molecule has 1 aromatic rings. The molecule has 1 aliphatic heterocycles. The highest BCUT2D eigenvalue weighted by atomic mass is 16.6. The fourth-order valence-electron chi connectivity index (χ4n) is 2.52. The van der Waals surface area contributed by atoms with Crippen molar-refractivity contribution < 1.29 is 14.3 Å². The van der Waals surface area contributed by atoms with Crippen molar-refractivity contribution in [1.29, 1.82) is 0 Å². The van der Waals surface area contributed by atoms with E-state index in [1.165, 1.54) is 0 Å². The third-order valence-corrected chi connectivity index (χ3v) is 3.44. The molecular weight excluding hydrogens is 310 g/mol. The Morgan fingerprint density at radius 2 is 2.17 bits per heavy atom. The zero-order valence-corrected chi connectivity index (χ0v) is 14.0. The zero-order chi connectivity index (χ0) is 17.7. The molecule has 1 N–H and O–H groups in total. The van der Waals surface area contributed by atoms with Crippen molar-refractivity contribution in [3.8, 4) is 0 Å². The van der Waals surface area contributed by atoms with Gasteiger partial charge in [-0.15, -0.1) is 0 Å². The van der Waals surface area contributed by atoms with Crippen LogP contribution in [0.25, 0.3) is 10.4 Å². The van der Waals surface area contributed by atoms with Gasteiger partial charge in [0.05, 0.1) is 11.4 Å². The van der Waals surface area contributed by atoms with Gasteiger partial charge >= 0.3 is 6.09 Å². The van der Waals surface area contributed by atoms with Gasteiger partial charge in [0, 0.05) is 24.4 Å². The van der Waals surface area contributed by atoms with E-state index in [1.54, 1.807) is 49.9 Å². The van der Waals surface area contributed by atoms with E-state index in [1.807, 2.05) is 0 Å². The van der Waals surface area contributed by atoms with Crippen molar-refractivity contribution in [2.24, 2.45) is 11.0 Å². The molecule has 2 amide bonds. The molecule has 2 rings (SSSR count). The second kappa shape index (κ2) is 7.23. The molecule has 1 atom stereocenters. The van der Waals surface area contributed by atoms with E-state index in [-0.39, 0.29) is 18.4 Å². The first kappa shape index (κ1) is 17.6. The highest BCUT2D eigenvalue weighted by molar-refractivity contribution is 6.01. The number of hydrogen-bond donors (Lipinski definition) is 1. The first-order valence-electron chi connectivity index (χ1n) is 7.70. The van der Waals surface area contributed by atoms with E-state index < -0.39 is 11.7 Å². The van der Waals surface area contributed by atoms with Crippen molar-refractivity contribution in [3.05, 3.63) is 34.7 Å². The summed E-state index contributed by atoms with van der Waals surface area (Å²) in [7, 11) is 0. The summed E-state index contributed by atoms with van der Waals surface area (Å²) in [4.78, 5) is 28.6.